The molecule has 1 aliphatic heterocycles. The van der Waals surface area contributed by atoms with Gasteiger partial charge in [-0.05, 0) is 46.7 Å². The number of aromatic hydroxyl groups is 1. The third kappa shape index (κ3) is 5.10. The molecule has 0 bridgehead atoms. The van der Waals surface area contributed by atoms with E-state index in [2.05, 4.69) is 5.32 Å². The van der Waals surface area contributed by atoms with Crippen molar-refractivity contribution < 1.29 is 14.7 Å². The first-order chi connectivity index (χ1) is 15.2. The van der Waals surface area contributed by atoms with Crippen molar-refractivity contribution in [1.82, 2.24) is 4.90 Å². The number of fused-ring (bicyclic) bond motifs is 1. The monoisotopic (exact) mass is 449 g/mol. The number of hydrogen-bond donors (Lipinski definition) is 3. The highest BCUT2D eigenvalue weighted by molar-refractivity contribution is 6.06. The smallest absolute Gasteiger partial charge is 0.224 e. The van der Waals surface area contributed by atoms with Crippen LogP contribution in [-0.4, -0.2) is 34.1 Å². The molecule has 0 aliphatic carbocycles. The van der Waals surface area contributed by atoms with Crippen molar-refractivity contribution in [3.63, 3.8) is 0 Å². The number of anilines is 1. The summed E-state index contributed by atoms with van der Waals surface area (Å²) in [4.78, 5) is 26.8. The molecule has 0 fully saturated rings. The third-order valence-electron chi connectivity index (χ3n) is 6.03. The molecule has 1 aliphatic rings. The number of benzene rings is 2. The first-order valence-electron chi connectivity index (χ1n) is 11.4. The average Bonchev–Trinajstić information content (AvgIpc) is 3.00. The summed E-state index contributed by atoms with van der Waals surface area (Å²) in [6.45, 7) is 14.4. The Morgan fingerprint density at radius 2 is 1.61 bits per heavy atom. The normalized spacial score (nSPS) is 13.8. The van der Waals surface area contributed by atoms with Crippen molar-refractivity contribution in [2.45, 2.75) is 72.3 Å². The lowest BCUT2D eigenvalue weighted by atomic mass is 9.78. The number of nitrogens with zero attached hydrogens (tertiary/aromatic N) is 1. The molecular weight excluding hydrogens is 414 g/mol. The number of nitrogens with one attached hydrogen (secondary N) is 2. The summed E-state index contributed by atoms with van der Waals surface area (Å²) >= 11 is 0. The number of hydrogen-bond acceptors (Lipinski definition) is 4. The predicted molar refractivity (Wildman–Crippen MR) is 132 cm³/mol. The maximum Gasteiger partial charge on any atom is 0.224 e. The molecule has 1 heterocycles. The Balaban J connectivity index is 1.88. The summed E-state index contributed by atoms with van der Waals surface area (Å²) in [6, 6.07) is 9.06. The zero-order valence-electron chi connectivity index (χ0n) is 20.7. The van der Waals surface area contributed by atoms with Crippen LogP contribution < -0.4 is 5.32 Å². The Morgan fingerprint density at radius 1 is 1.03 bits per heavy atom. The van der Waals surface area contributed by atoms with Crippen molar-refractivity contribution in [2.24, 2.45) is 0 Å². The zero-order chi connectivity index (χ0) is 24.7. The topological polar surface area (TPSA) is 93.5 Å². The molecular formula is C27H35N3O3. The molecule has 1 amide bonds. The molecule has 3 rings (SSSR count). The van der Waals surface area contributed by atoms with Crippen LogP contribution in [-0.2, 0) is 22.2 Å². The lowest BCUT2D eigenvalue weighted by Crippen LogP contribution is -2.30. The largest absolute Gasteiger partial charge is 0.507 e. The van der Waals surface area contributed by atoms with Gasteiger partial charge in [0.25, 0.3) is 0 Å². The van der Waals surface area contributed by atoms with E-state index >= 15 is 0 Å². The summed E-state index contributed by atoms with van der Waals surface area (Å²) in [7, 11) is 0. The van der Waals surface area contributed by atoms with Gasteiger partial charge in [-0.2, -0.15) is 0 Å². The molecule has 0 aromatic heterocycles. The Hall–Kier alpha value is -3.15. The molecule has 0 saturated heterocycles. The second-order valence-electron chi connectivity index (χ2n) is 10.8. The van der Waals surface area contributed by atoms with Gasteiger partial charge in [-0.1, -0.05) is 48.5 Å². The number of carbonyl (C=O) groups excluding carboxylic acids is 2. The van der Waals surface area contributed by atoms with Gasteiger partial charge in [-0.15, -0.1) is 0 Å². The second-order valence-corrected chi connectivity index (χ2v) is 10.8. The van der Waals surface area contributed by atoms with Gasteiger partial charge < -0.3 is 15.3 Å². The molecule has 2 aromatic carbocycles. The van der Waals surface area contributed by atoms with E-state index in [-0.39, 0.29) is 34.8 Å². The van der Waals surface area contributed by atoms with E-state index in [9.17, 15) is 14.7 Å². The van der Waals surface area contributed by atoms with Crippen LogP contribution in [0.4, 0.5) is 5.69 Å². The molecule has 0 unspecified atom stereocenters. The Morgan fingerprint density at radius 3 is 2.12 bits per heavy atom. The first kappa shape index (κ1) is 24.5. The fourth-order valence-electron chi connectivity index (χ4n) is 4.08. The molecule has 6 nitrogen and oxygen atoms in total. The maximum absolute atomic E-state index is 13.3. The highest BCUT2D eigenvalue weighted by Gasteiger charge is 2.30. The number of carbonyl (C=O) groups is 2. The average molecular weight is 450 g/mol. The highest BCUT2D eigenvalue weighted by atomic mass is 16.3. The van der Waals surface area contributed by atoms with Gasteiger partial charge in [-0.3, -0.25) is 15.0 Å². The minimum atomic E-state index is -0.323. The van der Waals surface area contributed by atoms with Crippen molar-refractivity contribution in [2.75, 3.05) is 11.9 Å². The van der Waals surface area contributed by atoms with Crippen LogP contribution >= 0.6 is 0 Å². The zero-order valence-corrected chi connectivity index (χ0v) is 20.7. The molecule has 33 heavy (non-hydrogen) atoms. The molecule has 176 valence electrons. The van der Waals surface area contributed by atoms with Gasteiger partial charge in [0.15, 0.2) is 5.78 Å². The van der Waals surface area contributed by atoms with E-state index in [4.69, 9.17) is 5.41 Å². The lowest BCUT2D eigenvalue weighted by molar-refractivity contribution is -0.115. The number of ketones is 1. The van der Waals surface area contributed by atoms with Gasteiger partial charge in [0.1, 0.15) is 11.6 Å². The lowest BCUT2D eigenvalue weighted by Gasteiger charge is -2.28. The van der Waals surface area contributed by atoms with Crippen molar-refractivity contribution in [1.29, 1.82) is 5.41 Å². The molecule has 0 saturated carbocycles. The second kappa shape index (κ2) is 8.65. The van der Waals surface area contributed by atoms with Crippen LogP contribution in [0.2, 0.25) is 0 Å². The maximum atomic E-state index is 13.3. The first-order valence-corrected chi connectivity index (χ1v) is 11.4. The summed E-state index contributed by atoms with van der Waals surface area (Å²) in [5, 5.41) is 22.3. The SMILES string of the molecule is CCC(=O)Nc1ccc2c(c1)CN(CC(=O)c1cc(C(C)(C)C)c(O)c(C(C)(C)C)c1)C2=N. The minimum Gasteiger partial charge on any atom is -0.507 e. The van der Waals surface area contributed by atoms with Crippen molar-refractivity contribution >= 4 is 23.2 Å². The van der Waals surface area contributed by atoms with Crippen LogP contribution in [0.1, 0.15) is 87.5 Å². The van der Waals surface area contributed by atoms with Gasteiger partial charge in [-0.25, -0.2) is 0 Å². The van der Waals surface area contributed by atoms with Crippen LogP contribution in [0.25, 0.3) is 0 Å². The molecule has 3 N–H and O–H groups in total. The standard InChI is InChI=1S/C27H35N3O3/c1-8-23(32)29-18-9-10-19-17(11-18)14-30(25(19)28)15-22(31)16-12-20(26(2,3)4)24(33)21(13-16)27(5,6)7/h9-13,28,33H,8,14-15H2,1-7H3,(H,29,32). The summed E-state index contributed by atoms with van der Waals surface area (Å²) in [5.74, 6) is 0.391. The summed E-state index contributed by atoms with van der Waals surface area (Å²) < 4.78 is 0. The van der Waals surface area contributed by atoms with Gasteiger partial charge >= 0.3 is 0 Å². The van der Waals surface area contributed by atoms with Crippen LogP contribution in [0, 0.1) is 5.41 Å². The van der Waals surface area contributed by atoms with Gasteiger partial charge in [0.2, 0.25) is 5.91 Å². The van der Waals surface area contributed by atoms with Crippen molar-refractivity contribution in [3.05, 3.63) is 58.1 Å². The minimum absolute atomic E-state index is 0.0632. The summed E-state index contributed by atoms with van der Waals surface area (Å²) in [6.07, 6.45) is 0.396. The highest BCUT2D eigenvalue weighted by Crippen LogP contribution is 2.40. The number of amides is 1. The van der Waals surface area contributed by atoms with E-state index in [1.54, 1.807) is 30.0 Å². The fraction of sp³-hybridized carbons (Fsp3) is 0.444. The molecule has 0 atom stereocenters. The van der Waals surface area contributed by atoms with Gasteiger partial charge in [0.05, 0.1) is 6.54 Å². The van der Waals surface area contributed by atoms with E-state index in [1.807, 2.05) is 53.7 Å². The van der Waals surface area contributed by atoms with E-state index in [0.29, 0.717) is 30.1 Å². The van der Waals surface area contributed by atoms with E-state index in [1.165, 1.54) is 0 Å². The molecule has 0 spiro atoms. The van der Waals surface area contributed by atoms with Gasteiger partial charge in [0, 0.05) is 40.9 Å². The van der Waals surface area contributed by atoms with Crippen molar-refractivity contribution in [3.8, 4) is 5.75 Å². The number of rotatable bonds is 5. The quantitative estimate of drug-likeness (QED) is 0.536. The number of phenolic OH excluding ortho intramolecular Hbond substituents is 1. The molecule has 6 heteroatoms. The number of amidine groups is 1. The third-order valence-corrected chi connectivity index (χ3v) is 6.03. The Kier molecular flexibility index (Phi) is 6.42. The predicted octanol–water partition coefficient (Wildman–Crippen LogP) is 5.36. The van der Waals surface area contributed by atoms with Crippen LogP contribution in [0.5, 0.6) is 5.75 Å². The Bertz CT molecular complexity index is 1090. The molecule has 0 radical (unpaired) electrons. The van der Waals surface area contributed by atoms with Crippen LogP contribution in [0.15, 0.2) is 30.3 Å². The van der Waals surface area contributed by atoms with E-state index in [0.717, 1.165) is 22.3 Å². The van der Waals surface area contributed by atoms with E-state index < -0.39 is 0 Å². The number of Topliss-reactive ketones (excluding diaryl/α,β-unsaturated/α-hetero) is 1. The fourth-order valence-corrected chi connectivity index (χ4v) is 4.08. The molecule has 2 aromatic rings. The summed E-state index contributed by atoms with van der Waals surface area (Å²) in [5.41, 5.74) is 3.77. The van der Waals surface area contributed by atoms with Crippen LogP contribution in [0.3, 0.4) is 0 Å². The number of phenols is 1. The Labute approximate surface area is 196 Å².